The lowest BCUT2D eigenvalue weighted by molar-refractivity contribution is 0.589. The van der Waals surface area contributed by atoms with Crippen molar-refractivity contribution in [2.75, 3.05) is 0 Å². The number of fused-ring (bicyclic) bond motifs is 1. The number of hydrogen-bond donors (Lipinski definition) is 0. The van der Waals surface area contributed by atoms with Crippen LogP contribution in [0.2, 0.25) is 10.4 Å². The van der Waals surface area contributed by atoms with Gasteiger partial charge in [0.15, 0.2) is 5.15 Å². The summed E-state index contributed by atoms with van der Waals surface area (Å²) in [6, 6.07) is 8.02. The van der Waals surface area contributed by atoms with E-state index in [1.165, 1.54) is 18.3 Å². The Balaban J connectivity index is 2.37. The summed E-state index contributed by atoms with van der Waals surface area (Å²) in [5.41, 5.74) is 0.510. The van der Waals surface area contributed by atoms with Crippen LogP contribution in [-0.2, 0) is 10.0 Å². The van der Waals surface area contributed by atoms with Crippen LogP contribution in [0.4, 0.5) is 0 Å². The molecule has 0 radical (unpaired) electrons. The number of halogens is 3. The third-order valence-electron chi connectivity index (χ3n) is 2.79. The van der Waals surface area contributed by atoms with Gasteiger partial charge in [-0.3, -0.25) is 0 Å². The second-order valence-electron chi connectivity index (χ2n) is 4.07. The van der Waals surface area contributed by atoms with Crippen LogP contribution in [0.5, 0.6) is 0 Å². The van der Waals surface area contributed by atoms with E-state index in [4.69, 9.17) is 23.2 Å². The fourth-order valence-electron chi connectivity index (χ4n) is 1.89. The van der Waals surface area contributed by atoms with E-state index in [9.17, 15) is 8.42 Å². The molecule has 1 aromatic carbocycles. The van der Waals surface area contributed by atoms with Crippen LogP contribution in [0, 0.1) is 0 Å². The molecule has 0 N–H and O–H groups in total. The Bertz CT molecular complexity index is 942. The van der Waals surface area contributed by atoms with Gasteiger partial charge in [0.2, 0.25) is 5.28 Å². The van der Waals surface area contributed by atoms with Gasteiger partial charge in [-0.2, -0.15) is 0 Å². The summed E-state index contributed by atoms with van der Waals surface area (Å²) in [6.45, 7) is 0. The topological polar surface area (TPSA) is 64.8 Å². The maximum atomic E-state index is 12.7. The van der Waals surface area contributed by atoms with Crippen molar-refractivity contribution in [2.24, 2.45) is 0 Å². The van der Waals surface area contributed by atoms with Crippen LogP contribution in [0.15, 0.2) is 45.9 Å². The van der Waals surface area contributed by atoms with Crippen LogP contribution in [0.1, 0.15) is 0 Å². The minimum Gasteiger partial charge on any atom is -0.235 e. The van der Waals surface area contributed by atoms with E-state index in [-0.39, 0.29) is 20.8 Å². The van der Waals surface area contributed by atoms with Crippen molar-refractivity contribution < 1.29 is 8.42 Å². The summed E-state index contributed by atoms with van der Waals surface area (Å²) in [5, 5.41) is -0.0849. The van der Waals surface area contributed by atoms with Crippen molar-refractivity contribution in [2.45, 2.75) is 4.90 Å². The van der Waals surface area contributed by atoms with Crippen LogP contribution in [0.3, 0.4) is 0 Å². The van der Waals surface area contributed by atoms with Crippen molar-refractivity contribution in [1.82, 2.24) is 13.9 Å². The molecule has 0 atom stereocenters. The largest absolute Gasteiger partial charge is 0.268 e. The average Bonchev–Trinajstić information content (AvgIpc) is 2.78. The van der Waals surface area contributed by atoms with E-state index in [0.717, 1.165) is 3.97 Å². The summed E-state index contributed by atoms with van der Waals surface area (Å²) < 4.78 is 26.9. The molecule has 0 unspecified atom stereocenters. The lowest BCUT2D eigenvalue weighted by Crippen LogP contribution is -2.12. The molecule has 0 aliphatic rings. The predicted molar refractivity (Wildman–Crippen MR) is 84.3 cm³/mol. The van der Waals surface area contributed by atoms with Gasteiger partial charge in [0.25, 0.3) is 10.0 Å². The Labute approximate surface area is 138 Å². The van der Waals surface area contributed by atoms with Gasteiger partial charge in [0.05, 0.1) is 9.37 Å². The summed E-state index contributed by atoms with van der Waals surface area (Å²) in [4.78, 5) is 7.94. The van der Waals surface area contributed by atoms with E-state index < -0.39 is 10.0 Å². The molecule has 108 valence electrons. The summed E-state index contributed by atoms with van der Waals surface area (Å²) in [7, 11) is -3.80. The zero-order valence-electron chi connectivity index (χ0n) is 10.2. The number of benzene rings is 1. The van der Waals surface area contributed by atoms with E-state index in [2.05, 4.69) is 25.9 Å². The molecule has 0 spiro atoms. The first-order chi connectivity index (χ1) is 9.91. The molecule has 2 aromatic heterocycles. The lowest BCUT2D eigenvalue weighted by Gasteiger charge is -2.07. The van der Waals surface area contributed by atoms with Crippen LogP contribution >= 0.6 is 39.1 Å². The maximum absolute atomic E-state index is 12.7. The lowest BCUT2D eigenvalue weighted by atomic mass is 10.4. The fourth-order valence-corrected chi connectivity index (χ4v) is 4.41. The molecule has 0 fully saturated rings. The molecule has 0 aliphatic heterocycles. The molecule has 0 saturated heterocycles. The van der Waals surface area contributed by atoms with E-state index in [1.54, 1.807) is 18.2 Å². The molecular formula is C12H6BrCl2N3O2S. The second-order valence-corrected chi connectivity index (χ2v) is 7.44. The van der Waals surface area contributed by atoms with Gasteiger partial charge in [-0.05, 0) is 39.7 Å². The molecule has 9 heteroatoms. The highest BCUT2D eigenvalue weighted by molar-refractivity contribution is 9.10. The average molecular weight is 407 g/mol. The van der Waals surface area contributed by atoms with Gasteiger partial charge in [0.1, 0.15) is 11.0 Å². The van der Waals surface area contributed by atoms with Gasteiger partial charge in [-0.1, -0.05) is 29.8 Å². The Kier molecular flexibility index (Phi) is 3.69. The molecule has 0 saturated carbocycles. The van der Waals surface area contributed by atoms with E-state index in [0.29, 0.717) is 9.99 Å². The Morgan fingerprint density at radius 3 is 2.43 bits per heavy atom. The zero-order valence-corrected chi connectivity index (χ0v) is 14.1. The van der Waals surface area contributed by atoms with Gasteiger partial charge < -0.3 is 0 Å². The Hall–Kier alpha value is -1.15. The SMILES string of the molecule is O=S(=O)(c1ccccc1)n1cc(Br)c2nc(Cl)nc(Cl)c21. The smallest absolute Gasteiger partial charge is 0.235 e. The third kappa shape index (κ3) is 2.44. The normalized spacial score (nSPS) is 12.0. The molecule has 2 heterocycles. The summed E-state index contributed by atoms with van der Waals surface area (Å²) >= 11 is 15.0. The molecule has 5 nitrogen and oxygen atoms in total. The first-order valence-corrected chi connectivity index (χ1v) is 8.60. The second kappa shape index (κ2) is 5.24. The number of rotatable bonds is 2. The van der Waals surface area contributed by atoms with Crippen molar-refractivity contribution >= 4 is 60.2 Å². The van der Waals surface area contributed by atoms with Gasteiger partial charge >= 0.3 is 0 Å². The maximum Gasteiger partial charge on any atom is 0.268 e. The van der Waals surface area contributed by atoms with Gasteiger partial charge in [0, 0.05) is 6.20 Å². The van der Waals surface area contributed by atoms with Crippen molar-refractivity contribution in [3.05, 3.63) is 51.4 Å². The minimum atomic E-state index is -3.80. The van der Waals surface area contributed by atoms with Gasteiger partial charge in [-0.25, -0.2) is 22.4 Å². The van der Waals surface area contributed by atoms with Crippen molar-refractivity contribution in [3.63, 3.8) is 0 Å². The van der Waals surface area contributed by atoms with Crippen LogP contribution < -0.4 is 0 Å². The number of aromatic nitrogens is 3. The van der Waals surface area contributed by atoms with Crippen LogP contribution in [0.25, 0.3) is 11.0 Å². The first kappa shape index (κ1) is 14.8. The highest BCUT2D eigenvalue weighted by Crippen LogP contribution is 2.32. The van der Waals surface area contributed by atoms with Crippen molar-refractivity contribution in [1.29, 1.82) is 0 Å². The predicted octanol–water partition coefficient (Wildman–Crippen LogP) is 3.74. The number of hydrogen-bond acceptors (Lipinski definition) is 4. The molecule has 0 amide bonds. The van der Waals surface area contributed by atoms with Crippen molar-refractivity contribution in [3.8, 4) is 0 Å². The first-order valence-electron chi connectivity index (χ1n) is 5.61. The van der Waals surface area contributed by atoms with E-state index in [1.807, 2.05) is 0 Å². The minimum absolute atomic E-state index is 0.0322. The Morgan fingerprint density at radius 1 is 1.10 bits per heavy atom. The molecule has 3 rings (SSSR count). The molecule has 3 aromatic rings. The fraction of sp³-hybridized carbons (Fsp3) is 0. The highest BCUT2D eigenvalue weighted by atomic mass is 79.9. The standard InChI is InChI=1S/C12H6BrCl2N3O2S/c13-8-6-18(10-9(8)16-12(15)17-11(10)14)21(19,20)7-4-2-1-3-5-7/h1-6H. The monoisotopic (exact) mass is 405 g/mol. The molecular weight excluding hydrogens is 401 g/mol. The molecule has 0 aliphatic carbocycles. The van der Waals surface area contributed by atoms with E-state index >= 15 is 0 Å². The third-order valence-corrected chi connectivity index (χ3v) is 5.48. The summed E-state index contributed by atoms with van der Waals surface area (Å²) in [5.74, 6) is 0. The highest BCUT2D eigenvalue weighted by Gasteiger charge is 2.24. The quantitative estimate of drug-likeness (QED) is 0.480. The Morgan fingerprint density at radius 2 is 1.76 bits per heavy atom. The zero-order chi connectivity index (χ0) is 15.2. The van der Waals surface area contributed by atoms with Gasteiger partial charge in [-0.15, -0.1) is 0 Å². The van der Waals surface area contributed by atoms with Crippen LogP contribution in [-0.4, -0.2) is 22.4 Å². The molecule has 0 bridgehead atoms. The summed E-state index contributed by atoms with van der Waals surface area (Å²) in [6.07, 6.45) is 1.38. The number of nitrogens with zero attached hydrogens (tertiary/aromatic N) is 3. The molecule has 21 heavy (non-hydrogen) atoms.